The fourth-order valence-corrected chi connectivity index (χ4v) is 4.03. The second-order valence-corrected chi connectivity index (χ2v) is 7.62. The maximum Gasteiger partial charge on any atom is 0.226 e. The number of hydrogen-bond donors (Lipinski definition) is 0. The van der Waals surface area contributed by atoms with Crippen molar-refractivity contribution in [1.29, 1.82) is 0 Å². The minimum absolute atomic E-state index is 0.174. The molecule has 0 fully saturated rings. The van der Waals surface area contributed by atoms with E-state index in [2.05, 4.69) is 70.1 Å². The van der Waals surface area contributed by atoms with Gasteiger partial charge < -0.3 is 4.74 Å². The number of ether oxygens (including phenoxy) is 1. The Balaban J connectivity index is 2.34. The van der Waals surface area contributed by atoms with Crippen molar-refractivity contribution in [2.75, 3.05) is 0 Å². The van der Waals surface area contributed by atoms with Crippen LogP contribution in [0.15, 0.2) is 12.1 Å². The van der Waals surface area contributed by atoms with Gasteiger partial charge in [0.2, 0.25) is 5.88 Å². The summed E-state index contributed by atoms with van der Waals surface area (Å²) in [7, 11) is 0. The maximum atomic E-state index is 6.31. The lowest BCUT2D eigenvalue weighted by molar-refractivity contribution is 0.187. The molecule has 0 aliphatic rings. The zero-order chi connectivity index (χ0) is 19.9. The fourth-order valence-electron chi connectivity index (χ4n) is 4.03. The van der Waals surface area contributed by atoms with E-state index >= 15 is 0 Å². The van der Waals surface area contributed by atoms with Crippen LogP contribution in [0.5, 0.6) is 5.88 Å². The van der Waals surface area contributed by atoms with Gasteiger partial charge in [-0.2, -0.15) is 4.98 Å². The first kappa shape index (κ1) is 19.4. The highest BCUT2D eigenvalue weighted by Crippen LogP contribution is 2.35. The van der Waals surface area contributed by atoms with Gasteiger partial charge in [-0.25, -0.2) is 4.98 Å². The van der Waals surface area contributed by atoms with Gasteiger partial charge in [0.15, 0.2) is 5.65 Å². The smallest absolute Gasteiger partial charge is 0.226 e. The van der Waals surface area contributed by atoms with Crippen molar-refractivity contribution < 1.29 is 4.74 Å². The lowest BCUT2D eigenvalue weighted by atomic mass is 10.0. The highest BCUT2D eigenvalue weighted by molar-refractivity contribution is 5.89. The molecule has 0 unspecified atom stereocenters. The molecule has 0 spiro atoms. The van der Waals surface area contributed by atoms with E-state index in [4.69, 9.17) is 9.72 Å². The van der Waals surface area contributed by atoms with Gasteiger partial charge in [-0.05, 0) is 71.1 Å². The molecule has 0 atom stereocenters. The van der Waals surface area contributed by atoms with E-state index in [-0.39, 0.29) is 6.10 Å². The van der Waals surface area contributed by atoms with Crippen LogP contribution in [-0.2, 0) is 0 Å². The number of fused-ring (bicyclic) bond motifs is 1. The van der Waals surface area contributed by atoms with Crippen LogP contribution in [-0.4, -0.2) is 20.6 Å². The molecule has 3 aromatic rings. The van der Waals surface area contributed by atoms with Crippen LogP contribution in [0.25, 0.3) is 16.7 Å². The van der Waals surface area contributed by atoms with Crippen molar-refractivity contribution in [2.24, 2.45) is 0 Å². The Kier molecular flexibility index (Phi) is 5.27. The third-order valence-electron chi connectivity index (χ3n) is 5.48. The quantitative estimate of drug-likeness (QED) is 0.570. The van der Waals surface area contributed by atoms with E-state index in [1.165, 1.54) is 33.6 Å². The van der Waals surface area contributed by atoms with Gasteiger partial charge in [0.25, 0.3) is 0 Å². The van der Waals surface area contributed by atoms with Gasteiger partial charge in [-0.1, -0.05) is 31.5 Å². The molecule has 3 rings (SSSR count). The largest absolute Gasteiger partial charge is 0.474 e. The van der Waals surface area contributed by atoms with E-state index in [1.54, 1.807) is 0 Å². The third kappa shape index (κ3) is 3.33. The molecule has 144 valence electrons. The first-order valence-corrected chi connectivity index (χ1v) is 9.89. The van der Waals surface area contributed by atoms with Gasteiger partial charge in [0, 0.05) is 5.69 Å². The molecule has 0 radical (unpaired) electrons. The van der Waals surface area contributed by atoms with Crippen LogP contribution in [0.4, 0.5) is 0 Å². The molecular weight excluding hydrogens is 334 g/mol. The predicted molar refractivity (Wildman–Crippen MR) is 112 cm³/mol. The molecule has 1 aromatic carbocycles. The molecule has 27 heavy (non-hydrogen) atoms. The average molecular weight is 366 g/mol. The second kappa shape index (κ2) is 7.34. The Bertz CT molecular complexity index is 974. The highest BCUT2D eigenvalue weighted by Gasteiger charge is 2.22. The number of aryl methyl sites for hydroxylation is 5. The van der Waals surface area contributed by atoms with Crippen LogP contribution in [0, 0.1) is 41.5 Å². The Morgan fingerprint density at radius 3 is 2.07 bits per heavy atom. The molecule has 4 nitrogen and oxygen atoms in total. The van der Waals surface area contributed by atoms with Gasteiger partial charge in [0.1, 0.15) is 5.82 Å². The van der Waals surface area contributed by atoms with Crippen molar-refractivity contribution in [1.82, 2.24) is 14.5 Å². The van der Waals surface area contributed by atoms with Gasteiger partial charge in [-0.15, -0.1) is 0 Å². The summed E-state index contributed by atoms with van der Waals surface area (Å²) in [5, 5.41) is 1.03. The normalized spacial score (nSPS) is 11.6. The summed E-state index contributed by atoms with van der Waals surface area (Å²) in [6, 6.07) is 4.47. The van der Waals surface area contributed by atoms with Crippen molar-refractivity contribution in [3.63, 3.8) is 0 Å². The van der Waals surface area contributed by atoms with Crippen molar-refractivity contribution >= 4 is 11.0 Å². The van der Waals surface area contributed by atoms with Gasteiger partial charge >= 0.3 is 0 Å². The van der Waals surface area contributed by atoms with Crippen LogP contribution in [0.2, 0.25) is 0 Å². The summed E-state index contributed by atoms with van der Waals surface area (Å²) in [5.41, 5.74) is 8.32. The number of nitrogens with zero attached hydrogens (tertiary/aromatic N) is 3. The highest BCUT2D eigenvalue weighted by atomic mass is 16.5. The number of hydrogen-bond acceptors (Lipinski definition) is 3. The van der Waals surface area contributed by atoms with Crippen LogP contribution >= 0.6 is 0 Å². The predicted octanol–water partition coefficient (Wildman–Crippen LogP) is 5.84. The standard InChI is InChI=1S/C23H31N3O/c1-9-19(10-2)27-23-20-16(6)17(7)26(22(20)24-18(8)25-23)21-14(4)11-13(3)12-15(21)5/h11-12,19H,9-10H2,1-8H3. The Hall–Kier alpha value is -2.36. The Morgan fingerprint density at radius 2 is 1.52 bits per heavy atom. The van der Waals surface area contributed by atoms with E-state index in [0.29, 0.717) is 5.88 Å². The van der Waals surface area contributed by atoms with E-state index in [0.717, 1.165) is 29.7 Å². The summed E-state index contributed by atoms with van der Waals surface area (Å²) in [6.45, 7) is 17.0. The molecule has 0 aliphatic carbocycles. The molecular formula is C23H31N3O. The lowest BCUT2D eigenvalue weighted by Gasteiger charge is -2.17. The van der Waals surface area contributed by atoms with E-state index < -0.39 is 0 Å². The summed E-state index contributed by atoms with van der Waals surface area (Å²) in [6.07, 6.45) is 2.11. The molecule has 0 bridgehead atoms. The summed E-state index contributed by atoms with van der Waals surface area (Å²) in [4.78, 5) is 9.49. The van der Waals surface area contributed by atoms with Crippen molar-refractivity contribution in [2.45, 2.75) is 74.3 Å². The minimum atomic E-state index is 0.174. The summed E-state index contributed by atoms with van der Waals surface area (Å²) in [5.74, 6) is 1.46. The zero-order valence-electron chi connectivity index (χ0n) is 17.9. The average Bonchev–Trinajstić information content (AvgIpc) is 2.83. The fraction of sp³-hybridized carbons (Fsp3) is 0.478. The number of rotatable bonds is 5. The van der Waals surface area contributed by atoms with Gasteiger partial charge in [-0.3, -0.25) is 4.57 Å². The third-order valence-corrected chi connectivity index (χ3v) is 5.48. The first-order valence-electron chi connectivity index (χ1n) is 9.89. The van der Waals surface area contributed by atoms with Crippen LogP contribution in [0.3, 0.4) is 0 Å². The number of aromatic nitrogens is 3. The van der Waals surface area contributed by atoms with E-state index in [9.17, 15) is 0 Å². The monoisotopic (exact) mass is 365 g/mol. The molecule has 0 saturated heterocycles. The zero-order valence-corrected chi connectivity index (χ0v) is 17.9. The molecule has 2 aromatic heterocycles. The molecule has 0 N–H and O–H groups in total. The Labute approximate surface area is 162 Å². The number of benzene rings is 1. The molecule has 0 aliphatic heterocycles. The minimum Gasteiger partial charge on any atom is -0.474 e. The van der Waals surface area contributed by atoms with Crippen molar-refractivity contribution in [3.05, 3.63) is 45.9 Å². The second-order valence-electron chi connectivity index (χ2n) is 7.62. The molecule has 0 saturated carbocycles. The van der Waals surface area contributed by atoms with Crippen LogP contribution < -0.4 is 4.74 Å². The molecule has 4 heteroatoms. The summed E-state index contributed by atoms with van der Waals surface area (Å²) < 4.78 is 8.59. The first-order chi connectivity index (χ1) is 12.8. The SMILES string of the molecule is CCC(CC)Oc1nc(C)nc2c1c(C)c(C)n2-c1c(C)cc(C)cc1C. The maximum absolute atomic E-state index is 6.31. The summed E-state index contributed by atoms with van der Waals surface area (Å²) >= 11 is 0. The van der Waals surface area contributed by atoms with E-state index in [1.807, 2.05) is 6.92 Å². The van der Waals surface area contributed by atoms with Gasteiger partial charge in [0.05, 0.1) is 17.2 Å². The van der Waals surface area contributed by atoms with Crippen LogP contribution in [0.1, 0.15) is 60.5 Å². The van der Waals surface area contributed by atoms with Crippen molar-refractivity contribution in [3.8, 4) is 11.6 Å². The topological polar surface area (TPSA) is 39.9 Å². The lowest BCUT2D eigenvalue weighted by Crippen LogP contribution is -2.15. The Morgan fingerprint density at radius 1 is 0.926 bits per heavy atom. The molecule has 2 heterocycles. The molecule has 0 amide bonds.